The van der Waals surface area contributed by atoms with E-state index in [1.54, 1.807) is 18.3 Å². The van der Waals surface area contributed by atoms with Gasteiger partial charge in [0.15, 0.2) is 0 Å². The largest absolute Gasteiger partial charge is 0.481 e. The van der Waals surface area contributed by atoms with Crippen molar-refractivity contribution < 1.29 is 14.7 Å². The topological polar surface area (TPSA) is 79.3 Å². The summed E-state index contributed by atoms with van der Waals surface area (Å²) in [6.07, 6.45) is 0.0438. The van der Waals surface area contributed by atoms with Crippen LogP contribution in [0.25, 0.3) is 10.6 Å². The van der Waals surface area contributed by atoms with Crippen molar-refractivity contribution >= 4 is 34.6 Å². The van der Waals surface area contributed by atoms with Crippen molar-refractivity contribution in [3.8, 4) is 10.6 Å². The van der Waals surface area contributed by atoms with Crippen molar-refractivity contribution in [2.45, 2.75) is 20.3 Å². The Labute approximate surface area is 130 Å². The van der Waals surface area contributed by atoms with E-state index in [2.05, 4.69) is 10.3 Å². The number of carboxylic acids is 1. The van der Waals surface area contributed by atoms with Gasteiger partial charge in [-0.15, -0.1) is 11.3 Å². The molecule has 1 amide bonds. The minimum absolute atomic E-state index is 0.0438. The standard InChI is InChI=1S/C14H16N2O3S2/c1-8(5-11(17)18)6-15-13(19)12-9(2)16-14(21-12)10-3-4-20-7-10/h3-4,7-8H,5-6H2,1-2H3,(H,15,19)(H,17,18). The van der Waals surface area contributed by atoms with Crippen molar-refractivity contribution in [3.63, 3.8) is 0 Å². The van der Waals surface area contributed by atoms with Crippen molar-refractivity contribution in [1.29, 1.82) is 0 Å². The number of nitrogens with zero attached hydrogens (tertiary/aromatic N) is 1. The number of carbonyl (C=O) groups is 2. The molecule has 2 heterocycles. The molecule has 0 fully saturated rings. The zero-order chi connectivity index (χ0) is 15.4. The Morgan fingerprint density at radius 2 is 2.24 bits per heavy atom. The molecule has 21 heavy (non-hydrogen) atoms. The Kier molecular flexibility index (Phi) is 5.08. The molecule has 2 N–H and O–H groups in total. The second-order valence-electron chi connectivity index (χ2n) is 4.86. The number of carbonyl (C=O) groups excluding carboxylic acids is 1. The van der Waals surface area contributed by atoms with Crippen molar-refractivity contribution in [2.75, 3.05) is 6.54 Å². The van der Waals surface area contributed by atoms with Crippen molar-refractivity contribution in [1.82, 2.24) is 10.3 Å². The van der Waals surface area contributed by atoms with Crippen LogP contribution in [-0.2, 0) is 4.79 Å². The number of nitrogens with one attached hydrogen (secondary N) is 1. The third-order valence-electron chi connectivity index (χ3n) is 2.91. The number of hydrogen-bond donors (Lipinski definition) is 2. The van der Waals surface area contributed by atoms with Crippen LogP contribution in [0.3, 0.4) is 0 Å². The van der Waals surface area contributed by atoms with Gasteiger partial charge in [0.05, 0.1) is 5.69 Å². The summed E-state index contributed by atoms with van der Waals surface area (Å²) in [7, 11) is 0. The highest BCUT2D eigenvalue weighted by Crippen LogP contribution is 2.29. The highest BCUT2D eigenvalue weighted by atomic mass is 32.1. The summed E-state index contributed by atoms with van der Waals surface area (Å²) in [6, 6.07) is 1.97. The van der Waals surface area contributed by atoms with E-state index < -0.39 is 5.97 Å². The molecular formula is C14H16N2O3S2. The molecule has 0 aromatic carbocycles. The Bertz CT molecular complexity index is 635. The highest BCUT2D eigenvalue weighted by Gasteiger charge is 2.17. The van der Waals surface area contributed by atoms with E-state index in [9.17, 15) is 9.59 Å². The van der Waals surface area contributed by atoms with Crippen LogP contribution in [0.4, 0.5) is 0 Å². The molecule has 0 aliphatic rings. The molecule has 5 nitrogen and oxygen atoms in total. The molecule has 0 bridgehead atoms. The molecule has 112 valence electrons. The number of rotatable bonds is 6. The quantitative estimate of drug-likeness (QED) is 0.856. The monoisotopic (exact) mass is 324 g/mol. The van der Waals surface area contributed by atoms with E-state index in [1.165, 1.54) is 11.3 Å². The Hall–Kier alpha value is -1.73. The van der Waals surface area contributed by atoms with Crippen LogP contribution in [0.2, 0.25) is 0 Å². The fraction of sp³-hybridized carbons (Fsp3) is 0.357. The summed E-state index contributed by atoms with van der Waals surface area (Å²) in [4.78, 5) is 27.7. The van der Waals surface area contributed by atoms with Crippen molar-refractivity contribution in [3.05, 3.63) is 27.4 Å². The first-order chi connectivity index (χ1) is 9.97. The molecule has 0 aliphatic heterocycles. The van der Waals surface area contributed by atoms with Crippen LogP contribution in [0.15, 0.2) is 16.8 Å². The van der Waals surface area contributed by atoms with Crippen LogP contribution in [0, 0.1) is 12.8 Å². The van der Waals surface area contributed by atoms with Gasteiger partial charge in [-0.1, -0.05) is 6.92 Å². The normalized spacial score (nSPS) is 12.1. The van der Waals surface area contributed by atoms with E-state index in [4.69, 9.17) is 5.11 Å². The number of carboxylic acid groups (broad SMARTS) is 1. The zero-order valence-electron chi connectivity index (χ0n) is 11.8. The fourth-order valence-corrected chi connectivity index (χ4v) is 3.53. The smallest absolute Gasteiger partial charge is 0.303 e. The van der Waals surface area contributed by atoms with Gasteiger partial charge in [-0.05, 0) is 24.3 Å². The van der Waals surface area contributed by atoms with Gasteiger partial charge < -0.3 is 10.4 Å². The molecule has 0 saturated heterocycles. The molecule has 0 aliphatic carbocycles. The predicted octanol–water partition coefficient (Wildman–Crippen LogP) is 3.02. The van der Waals surface area contributed by atoms with Gasteiger partial charge in [-0.2, -0.15) is 11.3 Å². The first-order valence-electron chi connectivity index (χ1n) is 6.47. The Morgan fingerprint density at radius 1 is 1.48 bits per heavy atom. The summed E-state index contributed by atoms with van der Waals surface area (Å²) < 4.78 is 0. The molecule has 0 saturated carbocycles. The molecule has 1 atom stereocenters. The number of thiophene rings is 1. The Morgan fingerprint density at radius 3 is 2.86 bits per heavy atom. The van der Waals surface area contributed by atoms with Gasteiger partial charge in [-0.25, -0.2) is 4.98 Å². The molecule has 7 heteroatoms. The van der Waals surface area contributed by atoms with Gasteiger partial charge >= 0.3 is 5.97 Å². The molecule has 2 aromatic heterocycles. The van der Waals surface area contributed by atoms with Crippen LogP contribution in [-0.4, -0.2) is 28.5 Å². The minimum Gasteiger partial charge on any atom is -0.481 e. The molecular weight excluding hydrogens is 308 g/mol. The maximum absolute atomic E-state index is 12.2. The SMILES string of the molecule is Cc1nc(-c2ccsc2)sc1C(=O)NCC(C)CC(=O)O. The second kappa shape index (κ2) is 6.82. The van der Waals surface area contributed by atoms with E-state index in [-0.39, 0.29) is 18.2 Å². The van der Waals surface area contributed by atoms with Gasteiger partial charge in [-0.3, -0.25) is 9.59 Å². The minimum atomic E-state index is -0.856. The second-order valence-corrected chi connectivity index (χ2v) is 6.64. The van der Waals surface area contributed by atoms with E-state index >= 15 is 0 Å². The number of aromatic nitrogens is 1. The lowest BCUT2D eigenvalue weighted by molar-refractivity contribution is -0.137. The molecule has 0 radical (unpaired) electrons. The lowest BCUT2D eigenvalue weighted by atomic mass is 10.1. The lowest BCUT2D eigenvalue weighted by Gasteiger charge is -2.09. The summed E-state index contributed by atoms with van der Waals surface area (Å²) >= 11 is 2.95. The molecule has 1 unspecified atom stereocenters. The van der Waals surface area contributed by atoms with Crippen LogP contribution in [0.1, 0.15) is 28.7 Å². The number of aryl methyl sites for hydroxylation is 1. The number of hydrogen-bond acceptors (Lipinski definition) is 5. The first-order valence-corrected chi connectivity index (χ1v) is 8.23. The van der Waals surface area contributed by atoms with Crippen LogP contribution >= 0.6 is 22.7 Å². The lowest BCUT2D eigenvalue weighted by Crippen LogP contribution is -2.29. The summed E-state index contributed by atoms with van der Waals surface area (Å²) in [5.41, 5.74) is 1.72. The van der Waals surface area contributed by atoms with Crippen molar-refractivity contribution in [2.24, 2.45) is 5.92 Å². The van der Waals surface area contributed by atoms with Gasteiger partial charge in [0.25, 0.3) is 5.91 Å². The predicted molar refractivity (Wildman–Crippen MR) is 83.9 cm³/mol. The maximum Gasteiger partial charge on any atom is 0.303 e. The Balaban J connectivity index is 2.01. The molecule has 2 aromatic rings. The average molecular weight is 324 g/mol. The summed E-state index contributed by atoms with van der Waals surface area (Å²) in [6.45, 7) is 3.95. The maximum atomic E-state index is 12.2. The number of thiazole rings is 1. The van der Waals surface area contributed by atoms with Gasteiger partial charge in [0.1, 0.15) is 9.88 Å². The average Bonchev–Trinajstić information content (AvgIpc) is 3.04. The van der Waals surface area contributed by atoms with E-state index in [1.807, 2.05) is 23.8 Å². The van der Waals surface area contributed by atoms with Crippen LogP contribution in [0.5, 0.6) is 0 Å². The third-order valence-corrected chi connectivity index (χ3v) is 4.79. The van der Waals surface area contributed by atoms with Gasteiger partial charge in [0, 0.05) is 23.9 Å². The zero-order valence-corrected chi connectivity index (χ0v) is 13.4. The highest BCUT2D eigenvalue weighted by molar-refractivity contribution is 7.17. The third kappa shape index (κ3) is 4.12. The number of aliphatic carboxylic acids is 1. The van der Waals surface area contributed by atoms with Crippen LogP contribution < -0.4 is 5.32 Å². The number of amides is 1. The molecule has 0 spiro atoms. The first kappa shape index (κ1) is 15.7. The van der Waals surface area contributed by atoms with E-state index in [0.717, 1.165) is 10.6 Å². The molecule has 2 rings (SSSR count). The summed E-state index contributed by atoms with van der Waals surface area (Å²) in [5, 5.41) is 16.3. The summed E-state index contributed by atoms with van der Waals surface area (Å²) in [5.74, 6) is -1.15. The van der Waals surface area contributed by atoms with E-state index in [0.29, 0.717) is 17.1 Å². The fourth-order valence-electron chi connectivity index (χ4n) is 1.83. The van der Waals surface area contributed by atoms with Gasteiger partial charge in [0.2, 0.25) is 0 Å².